The molecule has 0 heterocycles. The van der Waals surface area contributed by atoms with Gasteiger partial charge in [-0.1, -0.05) is 27.2 Å². The number of amides is 1. The molecule has 4 fully saturated rings. The lowest BCUT2D eigenvalue weighted by Gasteiger charge is -2.62. The maximum atomic E-state index is 12.4. The predicted molar refractivity (Wildman–Crippen MR) is 137 cm³/mol. The van der Waals surface area contributed by atoms with Crippen molar-refractivity contribution in [2.45, 2.75) is 116 Å². The normalized spacial score (nSPS) is 44.6. The highest BCUT2D eigenvalue weighted by Gasteiger charge is 2.62. The molecular weight excluding hydrogens is 424 g/mol. The number of aliphatic hydroxyl groups is 2. The van der Waals surface area contributed by atoms with Gasteiger partial charge >= 0.3 is 0 Å². The Bertz CT molecular complexity index is 701. The molecule has 0 unspecified atom stereocenters. The van der Waals surface area contributed by atoms with Gasteiger partial charge in [0, 0.05) is 13.0 Å². The fourth-order valence-electron chi connectivity index (χ4n) is 9.50. The van der Waals surface area contributed by atoms with Crippen LogP contribution in [0, 0.1) is 46.3 Å². The Balaban J connectivity index is 1.35. The van der Waals surface area contributed by atoms with E-state index in [1.165, 1.54) is 25.7 Å². The van der Waals surface area contributed by atoms with E-state index in [2.05, 4.69) is 26.1 Å². The summed E-state index contributed by atoms with van der Waals surface area (Å²) in [5.74, 6) is 3.50. The molecule has 196 valence electrons. The third-order valence-corrected chi connectivity index (χ3v) is 11.4. The summed E-state index contributed by atoms with van der Waals surface area (Å²) in [6.45, 7) is 8.88. The van der Waals surface area contributed by atoms with Gasteiger partial charge in [0.1, 0.15) is 0 Å². The third-order valence-electron chi connectivity index (χ3n) is 11.4. The molecule has 0 aromatic heterocycles. The van der Waals surface area contributed by atoms with E-state index in [4.69, 9.17) is 5.73 Å². The van der Waals surface area contributed by atoms with Crippen LogP contribution in [0.1, 0.15) is 104 Å². The third kappa shape index (κ3) is 4.95. The van der Waals surface area contributed by atoms with Crippen molar-refractivity contribution in [2.24, 2.45) is 52.1 Å². The number of unbranched alkanes of at least 4 members (excludes halogenated alkanes) is 2. The van der Waals surface area contributed by atoms with Crippen molar-refractivity contribution in [1.82, 2.24) is 5.32 Å². The summed E-state index contributed by atoms with van der Waals surface area (Å²) in [7, 11) is 0. The van der Waals surface area contributed by atoms with Crippen LogP contribution in [0.5, 0.6) is 0 Å². The monoisotopic (exact) mass is 476 g/mol. The quantitative estimate of drug-likeness (QED) is 0.365. The summed E-state index contributed by atoms with van der Waals surface area (Å²) in [5, 5.41) is 24.8. The van der Waals surface area contributed by atoms with E-state index in [0.717, 1.165) is 64.5 Å². The maximum Gasteiger partial charge on any atom is 0.220 e. The van der Waals surface area contributed by atoms with E-state index < -0.39 is 0 Å². The molecule has 5 nitrogen and oxygen atoms in total. The van der Waals surface area contributed by atoms with Crippen LogP contribution in [-0.4, -0.2) is 41.4 Å². The number of aliphatic hydroxyl groups excluding tert-OH is 2. The first-order valence-electron chi connectivity index (χ1n) is 14.5. The number of fused-ring (bicyclic) bond motifs is 5. The Morgan fingerprint density at radius 2 is 1.74 bits per heavy atom. The van der Waals surface area contributed by atoms with Crippen LogP contribution in [-0.2, 0) is 4.79 Å². The number of nitrogens with one attached hydrogen (secondary N) is 1. The average Bonchev–Trinajstić information content (AvgIpc) is 3.15. The molecule has 0 spiro atoms. The number of carbonyl (C=O) groups excluding carboxylic acids is 1. The Labute approximate surface area is 208 Å². The first-order valence-corrected chi connectivity index (χ1v) is 14.5. The first kappa shape index (κ1) is 26.4. The van der Waals surface area contributed by atoms with Crippen molar-refractivity contribution in [3.63, 3.8) is 0 Å². The van der Waals surface area contributed by atoms with E-state index in [1.807, 2.05) is 0 Å². The molecule has 0 aromatic carbocycles. The zero-order valence-electron chi connectivity index (χ0n) is 22.1. The van der Waals surface area contributed by atoms with Crippen LogP contribution in [0.4, 0.5) is 0 Å². The Morgan fingerprint density at radius 3 is 2.50 bits per heavy atom. The van der Waals surface area contributed by atoms with Crippen LogP contribution in [0.3, 0.4) is 0 Å². The van der Waals surface area contributed by atoms with Crippen molar-refractivity contribution in [3.8, 4) is 0 Å². The number of nitrogens with two attached hydrogens (primary N) is 1. The molecule has 0 radical (unpaired) electrons. The highest BCUT2D eigenvalue weighted by Crippen LogP contribution is 2.68. The molecule has 10 atom stereocenters. The van der Waals surface area contributed by atoms with Crippen molar-refractivity contribution in [2.75, 3.05) is 13.1 Å². The lowest BCUT2D eigenvalue weighted by Crippen LogP contribution is -2.58. The van der Waals surface area contributed by atoms with E-state index in [0.29, 0.717) is 41.9 Å². The second-order valence-corrected chi connectivity index (χ2v) is 13.2. The molecule has 4 aliphatic carbocycles. The standard InChI is InChI=1S/C29H52N2O3/c1-19(7-10-26(34)31-16-6-4-5-15-30)22-8-9-23-27-24(12-14-29(22,23)3)28(2)13-11-21(32)17-20(28)18-25(27)33/h19-25,27,32-33H,4-18,30H2,1-3H3,(H,31,34)/t19-,20+,21-,22-,23+,24+,25+,27+,28+,29-/m1/s1. The lowest BCUT2D eigenvalue weighted by atomic mass is 9.43. The molecule has 0 bridgehead atoms. The van der Waals surface area contributed by atoms with Gasteiger partial charge in [-0.15, -0.1) is 0 Å². The lowest BCUT2D eigenvalue weighted by molar-refractivity contribution is -0.174. The fourth-order valence-corrected chi connectivity index (χ4v) is 9.50. The minimum Gasteiger partial charge on any atom is -0.393 e. The van der Waals surface area contributed by atoms with Crippen molar-refractivity contribution >= 4 is 5.91 Å². The van der Waals surface area contributed by atoms with Gasteiger partial charge in [0.25, 0.3) is 0 Å². The van der Waals surface area contributed by atoms with E-state index in [1.54, 1.807) is 0 Å². The second-order valence-electron chi connectivity index (χ2n) is 13.2. The number of rotatable bonds is 9. The fraction of sp³-hybridized carbons (Fsp3) is 0.966. The molecule has 4 saturated carbocycles. The SMILES string of the molecule is C[C@H](CCC(=O)NCCCCCN)[C@H]1CC[C@H]2[C@@H]3[C@@H](O)C[C@@H]4C[C@H](O)CC[C@]4(C)[C@H]3CC[C@]12C. The van der Waals surface area contributed by atoms with Gasteiger partial charge in [-0.2, -0.15) is 0 Å². The van der Waals surface area contributed by atoms with Crippen molar-refractivity contribution in [1.29, 1.82) is 0 Å². The summed E-state index contributed by atoms with van der Waals surface area (Å²) in [5.41, 5.74) is 6.12. The molecule has 0 aromatic rings. The van der Waals surface area contributed by atoms with E-state index >= 15 is 0 Å². The summed E-state index contributed by atoms with van der Waals surface area (Å²) in [4.78, 5) is 12.4. The highest BCUT2D eigenvalue weighted by molar-refractivity contribution is 5.75. The topological polar surface area (TPSA) is 95.6 Å². The minimum atomic E-state index is -0.211. The van der Waals surface area contributed by atoms with Crippen LogP contribution in [0.15, 0.2) is 0 Å². The van der Waals surface area contributed by atoms with Gasteiger partial charge < -0.3 is 21.3 Å². The largest absolute Gasteiger partial charge is 0.393 e. The Hall–Kier alpha value is -0.650. The van der Waals surface area contributed by atoms with Crippen LogP contribution in [0.25, 0.3) is 0 Å². The second kappa shape index (κ2) is 10.8. The van der Waals surface area contributed by atoms with Gasteiger partial charge in [0.15, 0.2) is 0 Å². The summed E-state index contributed by atoms with van der Waals surface area (Å²) in [6, 6.07) is 0. The maximum absolute atomic E-state index is 12.4. The molecule has 5 N–H and O–H groups in total. The molecule has 4 aliphatic rings. The molecule has 1 amide bonds. The summed E-state index contributed by atoms with van der Waals surface area (Å²) < 4.78 is 0. The summed E-state index contributed by atoms with van der Waals surface area (Å²) in [6.07, 6.45) is 13.2. The van der Waals surface area contributed by atoms with Crippen LogP contribution in [0.2, 0.25) is 0 Å². The smallest absolute Gasteiger partial charge is 0.220 e. The molecule has 0 aliphatic heterocycles. The zero-order valence-corrected chi connectivity index (χ0v) is 22.1. The van der Waals surface area contributed by atoms with E-state index in [-0.39, 0.29) is 28.9 Å². The predicted octanol–water partition coefficient (Wildman–Crippen LogP) is 4.64. The minimum absolute atomic E-state index is 0.171. The van der Waals surface area contributed by atoms with Gasteiger partial charge in [-0.3, -0.25) is 4.79 Å². The number of hydrogen-bond donors (Lipinski definition) is 4. The van der Waals surface area contributed by atoms with Gasteiger partial charge in [-0.25, -0.2) is 0 Å². The molecule has 0 saturated heterocycles. The van der Waals surface area contributed by atoms with Crippen LogP contribution < -0.4 is 11.1 Å². The summed E-state index contributed by atoms with van der Waals surface area (Å²) >= 11 is 0. The first-order chi connectivity index (χ1) is 16.2. The Kier molecular flexibility index (Phi) is 8.36. The van der Waals surface area contributed by atoms with Gasteiger partial charge in [0.05, 0.1) is 12.2 Å². The molecule has 5 heteroatoms. The zero-order chi connectivity index (χ0) is 24.5. The van der Waals surface area contributed by atoms with Crippen molar-refractivity contribution < 1.29 is 15.0 Å². The highest BCUT2D eigenvalue weighted by atomic mass is 16.3. The van der Waals surface area contributed by atoms with Crippen LogP contribution >= 0.6 is 0 Å². The van der Waals surface area contributed by atoms with Crippen molar-refractivity contribution in [3.05, 3.63) is 0 Å². The molecule has 4 rings (SSSR count). The molecular formula is C29H52N2O3. The molecule has 34 heavy (non-hydrogen) atoms. The van der Waals surface area contributed by atoms with Gasteiger partial charge in [0.2, 0.25) is 5.91 Å². The van der Waals surface area contributed by atoms with Gasteiger partial charge in [-0.05, 0) is 124 Å². The number of carbonyl (C=O) groups is 1. The number of hydrogen-bond acceptors (Lipinski definition) is 4. The average molecular weight is 477 g/mol. The van der Waals surface area contributed by atoms with E-state index in [9.17, 15) is 15.0 Å². The Morgan fingerprint density at radius 1 is 1.00 bits per heavy atom.